The zero-order valence-electron chi connectivity index (χ0n) is 17.2. The Balaban J connectivity index is 1.53. The molecule has 2 aromatic carbocycles. The highest BCUT2D eigenvalue weighted by Crippen LogP contribution is 2.33. The highest BCUT2D eigenvalue weighted by molar-refractivity contribution is 7.92. The fourth-order valence-electron chi connectivity index (χ4n) is 3.13. The van der Waals surface area contributed by atoms with Gasteiger partial charge < -0.3 is 5.32 Å². The highest BCUT2D eigenvalue weighted by Gasteiger charge is 2.39. The van der Waals surface area contributed by atoms with Gasteiger partial charge >= 0.3 is 0 Å². The van der Waals surface area contributed by atoms with Crippen molar-refractivity contribution < 1.29 is 18.0 Å². The Hall–Kier alpha value is -3.18. The molecule has 0 unspecified atom stereocenters. The van der Waals surface area contributed by atoms with Crippen molar-refractivity contribution in [1.82, 2.24) is 10.2 Å². The Morgan fingerprint density at radius 3 is 2.21 bits per heavy atom. The van der Waals surface area contributed by atoms with Gasteiger partial charge in [0.2, 0.25) is 0 Å². The van der Waals surface area contributed by atoms with Gasteiger partial charge in [0.05, 0.1) is 10.6 Å². The van der Waals surface area contributed by atoms with E-state index < -0.39 is 21.8 Å². The summed E-state index contributed by atoms with van der Waals surface area (Å²) >= 11 is 17.8. The number of hydrogen-bond acceptors (Lipinski definition) is 7. The number of amides is 2. The molecule has 2 N–H and O–H groups in total. The minimum absolute atomic E-state index is 0.00353. The number of nitrogens with zero attached hydrogens (tertiary/aromatic N) is 3. The van der Waals surface area contributed by atoms with E-state index in [2.05, 4.69) is 20.2 Å². The molecular formula is C21H14Cl3N5O4S. The molecule has 0 radical (unpaired) electrons. The van der Waals surface area contributed by atoms with E-state index in [9.17, 15) is 18.0 Å². The third-order valence-electron chi connectivity index (χ3n) is 4.73. The Morgan fingerprint density at radius 2 is 1.59 bits per heavy atom. The molecule has 9 nitrogen and oxygen atoms in total. The molecule has 0 fully saturated rings. The summed E-state index contributed by atoms with van der Waals surface area (Å²) in [4.78, 5) is 26.5. The van der Waals surface area contributed by atoms with Crippen LogP contribution >= 0.6 is 34.8 Å². The number of hydrogen-bond donors (Lipinski definition) is 2. The minimum atomic E-state index is -3.96. The first-order chi connectivity index (χ1) is 16.1. The average molecular weight is 539 g/mol. The first-order valence-corrected chi connectivity index (χ1v) is 12.1. The average Bonchev–Trinajstić information content (AvgIpc) is 2.99. The number of sulfonamides is 1. The van der Waals surface area contributed by atoms with Gasteiger partial charge in [-0.2, -0.15) is 0 Å². The molecule has 0 saturated carbocycles. The van der Waals surface area contributed by atoms with E-state index in [1.165, 1.54) is 36.4 Å². The Kier molecular flexibility index (Phi) is 6.50. The third-order valence-corrected chi connectivity index (χ3v) is 6.89. The van der Waals surface area contributed by atoms with Crippen molar-refractivity contribution in [1.29, 1.82) is 0 Å². The van der Waals surface area contributed by atoms with Crippen LogP contribution in [0.25, 0.3) is 0 Å². The summed E-state index contributed by atoms with van der Waals surface area (Å²) < 4.78 is 27.4. The van der Waals surface area contributed by atoms with Gasteiger partial charge in [0, 0.05) is 10.7 Å². The van der Waals surface area contributed by atoms with Crippen LogP contribution < -0.4 is 14.9 Å². The van der Waals surface area contributed by atoms with Crippen molar-refractivity contribution in [2.75, 3.05) is 14.9 Å². The van der Waals surface area contributed by atoms with E-state index in [4.69, 9.17) is 34.8 Å². The standard InChI is InChI=1S/C21H14Cl3N5O4S/c1-11-10-12(22)2-7-15(11)29-20(30)18(24)19(21(29)31)25-13-3-5-14(6-4-13)34(32,33)28-17-9-8-16(23)26-27-17/h2-10,25H,1H3,(H,27,28). The topological polar surface area (TPSA) is 121 Å². The summed E-state index contributed by atoms with van der Waals surface area (Å²) in [5.41, 5.74) is 1.18. The molecule has 0 bridgehead atoms. The number of benzene rings is 2. The smallest absolute Gasteiger partial charge is 0.283 e. The lowest BCUT2D eigenvalue weighted by molar-refractivity contribution is -0.120. The molecule has 0 atom stereocenters. The normalized spacial score (nSPS) is 14.1. The number of anilines is 3. The SMILES string of the molecule is Cc1cc(Cl)ccc1N1C(=O)C(Cl)=C(Nc2ccc(S(=O)(=O)Nc3ccc(Cl)nn3)cc2)C1=O. The third kappa shape index (κ3) is 4.71. The summed E-state index contributed by atoms with van der Waals surface area (Å²) in [6.07, 6.45) is 0. The number of rotatable bonds is 6. The zero-order chi connectivity index (χ0) is 24.6. The number of aromatic nitrogens is 2. The second-order valence-electron chi connectivity index (χ2n) is 7.06. The summed E-state index contributed by atoms with van der Waals surface area (Å²) in [6.45, 7) is 1.71. The van der Waals surface area contributed by atoms with Crippen LogP contribution in [0.1, 0.15) is 5.56 Å². The quantitative estimate of drug-likeness (QED) is 0.448. The Labute approximate surface area is 209 Å². The fourth-order valence-corrected chi connectivity index (χ4v) is 4.67. The number of aryl methyl sites for hydroxylation is 1. The minimum Gasteiger partial charge on any atom is -0.350 e. The van der Waals surface area contributed by atoms with Crippen molar-refractivity contribution >= 4 is 73.8 Å². The highest BCUT2D eigenvalue weighted by atomic mass is 35.5. The molecule has 2 amide bonds. The van der Waals surface area contributed by atoms with Gasteiger partial charge in [0.25, 0.3) is 21.8 Å². The van der Waals surface area contributed by atoms with Crippen LogP contribution in [0.4, 0.5) is 17.2 Å². The predicted molar refractivity (Wildman–Crippen MR) is 129 cm³/mol. The van der Waals surface area contributed by atoms with Crippen LogP contribution in [-0.2, 0) is 19.6 Å². The molecule has 174 valence electrons. The monoisotopic (exact) mass is 537 g/mol. The molecule has 0 spiro atoms. The molecule has 1 aliphatic rings. The molecule has 13 heteroatoms. The van der Waals surface area contributed by atoms with Gasteiger partial charge in [-0.25, -0.2) is 13.3 Å². The van der Waals surface area contributed by atoms with E-state index in [0.29, 0.717) is 22.0 Å². The number of carbonyl (C=O) groups is 2. The van der Waals surface area contributed by atoms with Crippen LogP contribution in [-0.4, -0.2) is 30.4 Å². The van der Waals surface area contributed by atoms with Crippen LogP contribution in [0.5, 0.6) is 0 Å². The fraction of sp³-hybridized carbons (Fsp3) is 0.0476. The van der Waals surface area contributed by atoms with E-state index in [0.717, 1.165) is 4.90 Å². The lowest BCUT2D eigenvalue weighted by Gasteiger charge is -2.17. The molecule has 4 rings (SSSR count). The van der Waals surface area contributed by atoms with Gasteiger partial charge in [0.15, 0.2) is 11.0 Å². The summed E-state index contributed by atoms with van der Waals surface area (Å²) in [5, 5.41) is 10.3. The number of nitrogens with one attached hydrogen (secondary N) is 2. The van der Waals surface area contributed by atoms with Gasteiger partial charge in [-0.05, 0) is 67.1 Å². The second-order valence-corrected chi connectivity index (χ2v) is 9.95. The number of halogens is 3. The molecule has 34 heavy (non-hydrogen) atoms. The van der Waals surface area contributed by atoms with Crippen LogP contribution in [0.3, 0.4) is 0 Å². The van der Waals surface area contributed by atoms with Crippen LogP contribution in [0.2, 0.25) is 10.2 Å². The maximum absolute atomic E-state index is 13.0. The zero-order valence-corrected chi connectivity index (χ0v) is 20.3. The van der Waals surface area contributed by atoms with Crippen molar-refractivity contribution in [3.8, 4) is 0 Å². The molecule has 0 saturated heterocycles. The first-order valence-electron chi connectivity index (χ1n) is 9.50. The molecule has 2 heterocycles. The maximum Gasteiger partial charge on any atom is 0.283 e. The van der Waals surface area contributed by atoms with Crippen LogP contribution in [0, 0.1) is 6.92 Å². The van der Waals surface area contributed by atoms with Gasteiger partial charge in [-0.3, -0.25) is 14.3 Å². The number of imide groups is 1. The van der Waals surface area contributed by atoms with E-state index in [1.807, 2.05) is 0 Å². The van der Waals surface area contributed by atoms with Gasteiger partial charge in [-0.15, -0.1) is 10.2 Å². The largest absolute Gasteiger partial charge is 0.350 e. The lowest BCUT2D eigenvalue weighted by Crippen LogP contribution is -2.32. The summed E-state index contributed by atoms with van der Waals surface area (Å²) in [7, 11) is -3.96. The summed E-state index contributed by atoms with van der Waals surface area (Å²) in [5.74, 6) is -1.34. The summed E-state index contributed by atoms with van der Waals surface area (Å²) in [6, 6.07) is 13.0. The van der Waals surface area contributed by atoms with E-state index in [-0.39, 0.29) is 26.6 Å². The lowest BCUT2D eigenvalue weighted by atomic mass is 10.2. The molecule has 1 aromatic heterocycles. The van der Waals surface area contributed by atoms with Crippen molar-refractivity contribution in [2.24, 2.45) is 0 Å². The Morgan fingerprint density at radius 1 is 0.882 bits per heavy atom. The molecule has 1 aliphatic heterocycles. The van der Waals surface area contributed by atoms with Crippen molar-refractivity contribution in [3.63, 3.8) is 0 Å². The number of carbonyl (C=O) groups excluding carboxylic acids is 2. The van der Waals surface area contributed by atoms with Crippen molar-refractivity contribution in [3.05, 3.63) is 81.1 Å². The maximum atomic E-state index is 13.0. The molecular weight excluding hydrogens is 525 g/mol. The predicted octanol–water partition coefficient (Wildman–Crippen LogP) is 4.33. The Bertz CT molecular complexity index is 1440. The van der Waals surface area contributed by atoms with Crippen molar-refractivity contribution in [2.45, 2.75) is 11.8 Å². The van der Waals surface area contributed by atoms with Gasteiger partial charge in [-0.1, -0.05) is 34.8 Å². The molecule has 3 aromatic rings. The van der Waals surface area contributed by atoms with Gasteiger partial charge in [0.1, 0.15) is 10.7 Å². The van der Waals surface area contributed by atoms with E-state index >= 15 is 0 Å². The molecule has 0 aliphatic carbocycles. The first kappa shape index (κ1) is 24.0. The van der Waals surface area contributed by atoms with E-state index in [1.54, 1.807) is 25.1 Å². The van der Waals surface area contributed by atoms with Crippen LogP contribution in [0.15, 0.2) is 70.2 Å². The second kappa shape index (κ2) is 9.22.